The Balaban J connectivity index is 1.54. The maximum absolute atomic E-state index is 13.0. The summed E-state index contributed by atoms with van der Waals surface area (Å²) in [5.74, 6) is 0.276. The molecule has 0 saturated carbocycles. The number of amides is 3. The van der Waals surface area contributed by atoms with E-state index in [1.807, 2.05) is 81.4 Å². The minimum Gasteiger partial charge on any atom is -0.327 e. The van der Waals surface area contributed by atoms with E-state index < -0.39 is 6.29 Å². The fourth-order valence-electron chi connectivity index (χ4n) is 3.80. The molecule has 0 radical (unpaired) electrons. The number of aryl methyl sites for hydroxylation is 1. The zero-order valence-electron chi connectivity index (χ0n) is 18.4. The third-order valence-corrected chi connectivity index (χ3v) is 5.75. The number of urea groups is 1. The molecule has 1 saturated heterocycles. The summed E-state index contributed by atoms with van der Waals surface area (Å²) in [6.07, 6.45) is -0.545. The number of hydrogen-bond acceptors (Lipinski definition) is 4. The Kier molecular flexibility index (Phi) is 6.23. The first-order valence-electron chi connectivity index (χ1n) is 10.7. The highest BCUT2D eigenvalue weighted by atomic mass is 16.2. The Morgan fingerprint density at radius 1 is 1.03 bits per heavy atom. The minimum absolute atomic E-state index is 0.0273. The van der Waals surface area contributed by atoms with Gasteiger partial charge in [0.2, 0.25) is 5.91 Å². The van der Waals surface area contributed by atoms with Crippen molar-refractivity contribution in [2.45, 2.75) is 39.1 Å². The molecule has 3 unspecified atom stereocenters. The third kappa shape index (κ3) is 4.65. The number of hydrogen-bond donors (Lipinski definition) is 4. The van der Waals surface area contributed by atoms with Gasteiger partial charge in [-0.15, -0.1) is 0 Å². The van der Waals surface area contributed by atoms with Crippen molar-refractivity contribution in [3.63, 3.8) is 0 Å². The van der Waals surface area contributed by atoms with Crippen LogP contribution in [0.15, 0.2) is 66.7 Å². The Morgan fingerprint density at radius 3 is 2.19 bits per heavy atom. The van der Waals surface area contributed by atoms with E-state index >= 15 is 0 Å². The third-order valence-electron chi connectivity index (χ3n) is 5.75. The monoisotopic (exact) mass is 432 g/mol. The van der Waals surface area contributed by atoms with Crippen LogP contribution in [0, 0.1) is 12.8 Å². The van der Waals surface area contributed by atoms with Gasteiger partial charge in [0.05, 0.1) is 17.7 Å². The summed E-state index contributed by atoms with van der Waals surface area (Å²) >= 11 is 0. The van der Waals surface area contributed by atoms with Crippen LogP contribution >= 0.6 is 0 Å². The summed E-state index contributed by atoms with van der Waals surface area (Å²) in [5.41, 5.74) is 2.68. The summed E-state index contributed by atoms with van der Waals surface area (Å²) in [5, 5.41) is 16.7. The topological polar surface area (TPSA) is 100 Å². The molecule has 1 fully saturated rings. The minimum atomic E-state index is -0.545. The largest absolute Gasteiger partial charge is 0.327 e. The first kappa shape index (κ1) is 21.6. The normalized spacial score (nSPS) is 20.6. The number of rotatable bonds is 5. The van der Waals surface area contributed by atoms with E-state index in [0.717, 1.165) is 16.8 Å². The predicted molar refractivity (Wildman–Crippen MR) is 123 cm³/mol. The lowest BCUT2D eigenvalue weighted by Gasteiger charge is -2.34. The predicted octanol–water partition coefficient (Wildman–Crippen LogP) is 3.30. The van der Waals surface area contributed by atoms with Gasteiger partial charge in [0, 0.05) is 12.1 Å². The molecule has 3 aromatic rings. The number of nitrogens with one attached hydrogen (secondary N) is 4. The Morgan fingerprint density at radius 2 is 1.62 bits per heavy atom. The van der Waals surface area contributed by atoms with Gasteiger partial charge in [0.1, 0.15) is 5.82 Å². The van der Waals surface area contributed by atoms with Crippen LogP contribution < -0.4 is 21.3 Å². The van der Waals surface area contributed by atoms with E-state index in [2.05, 4.69) is 26.4 Å². The highest BCUT2D eigenvalue weighted by Gasteiger charge is 2.32. The molecule has 3 atom stereocenters. The van der Waals surface area contributed by atoms with Crippen LogP contribution in [0.5, 0.6) is 0 Å². The summed E-state index contributed by atoms with van der Waals surface area (Å²) in [7, 11) is 0. The second kappa shape index (κ2) is 9.23. The molecule has 0 bridgehead atoms. The van der Waals surface area contributed by atoms with E-state index in [9.17, 15) is 9.59 Å². The fraction of sp³-hybridized carbons (Fsp3) is 0.292. The molecule has 4 rings (SSSR count). The van der Waals surface area contributed by atoms with E-state index in [0.29, 0.717) is 5.82 Å². The number of benzene rings is 2. The fourth-order valence-corrected chi connectivity index (χ4v) is 3.80. The standard InChI is InChI=1S/C24H28N6O2/c1-15-14-20(30(29-15)23-25-17(3)16(2)22(31)28-23)26-24(32)27-21(18-10-6-4-7-11-18)19-12-8-5-9-13-19/h4-14,16-17,21,23,25H,1-3H3,(H,28,31)(H2,26,27,32). The van der Waals surface area contributed by atoms with Gasteiger partial charge in [-0.2, -0.15) is 5.10 Å². The Hall–Kier alpha value is -3.65. The summed E-state index contributed by atoms with van der Waals surface area (Å²) in [4.78, 5) is 25.3. The van der Waals surface area contributed by atoms with Crippen LogP contribution in [0.3, 0.4) is 0 Å². The highest BCUT2D eigenvalue weighted by molar-refractivity contribution is 5.89. The lowest BCUT2D eigenvalue weighted by molar-refractivity contribution is -0.130. The molecular formula is C24H28N6O2. The molecule has 2 aromatic carbocycles. The van der Waals surface area contributed by atoms with Crippen LogP contribution in [-0.2, 0) is 4.79 Å². The molecule has 0 spiro atoms. The lowest BCUT2D eigenvalue weighted by atomic mass is 9.99. The van der Waals surface area contributed by atoms with Crippen LogP contribution in [0.1, 0.15) is 43.0 Å². The van der Waals surface area contributed by atoms with Crippen LogP contribution in [0.25, 0.3) is 0 Å². The molecule has 1 aromatic heterocycles. The van der Waals surface area contributed by atoms with Crippen molar-refractivity contribution in [3.05, 3.63) is 83.6 Å². The molecule has 8 heteroatoms. The summed E-state index contributed by atoms with van der Waals surface area (Å²) < 4.78 is 1.59. The van der Waals surface area contributed by atoms with Crippen LogP contribution in [0.4, 0.5) is 10.6 Å². The zero-order chi connectivity index (χ0) is 22.7. The molecule has 2 heterocycles. The molecule has 8 nitrogen and oxygen atoms in total. The van der Waals surface area contributed by atoms with Gasteiger partial charge in [-0.3, -0.25) is 15.4 Å². The van der Waals surface area contributed by atoms with Gasteiger partial charge in [-0.25, -0.2) is 9.48 Å². The first-order valence-corrected chi connectivity index (χ1v) is 10.7. The van der Waals surface area contributed by atoms with Crippen molar-refractivity contribution in [1.82, 2.24) is 25.7 Å². The quantitative estimate of drug-likeness (QED) is 0.497. The van der Waals surface area contributed by atoms with Crippen LogP contribution in [-0.4, -0.2) is 27.8 Å². The highest BCUT2D eigenvalue weighted by Crippen LogP contribution is 2.23. The average molecular weight is 433 g/mol. The van der Waals surface area contributed by atoms with E-state index in [1.165, 1.54) is 0 Å². The first-order chi connectivity index (χ1) is 15.4. The molecule has 166 valence electrons. The van der Waals surface area contributed by atoms with Gasteiger partial charge >= 0.3 is 6.03 Å². The Labute approximate surface area is 187 Å². The van der Waals surface area contributed by atoms with Crippen molar-refractivity contribution in [2.75, 3.05) is 5.32 Å². The second-order valence-electron chi connectivity index (χ2n) is 8.12. The number of carbonyl (C=O) groups excluding carboxylic acids is 2. The van der Waals surface area contributed by atoms with Crippen molar-refractivity contribution in [2.24, 2.45) is 5.92 Å². The molecular weight excluding hydrogens is 404 g/mol. The molecule has 32 heavy (non-hydrogen) atoms. The van der Waals surface area contributed by atoms with E-state index in [4.69, 9.17) is 0 Å². The maximum atomic E-state index is 13.0. The number of anilines is 1. The molecule has 1 aliphatic heterocycles. The van der Waals surface area contributed by atoms with Crippen molar-refractivity contribution in [3.8, 4) is 0 Å². The molecule has 0 aliphatic carbocycles. The van der Waals surface area contributed by atoms with Gasteiger partial charge < -0.3 is 10.6 Å². The number of carbonyl (C=O) groups is 2. The number of aromatic nitrogens is 2. The molecule has 3 amide bonds. The Bertz CT molecular complexity index is 1040. The van der Waals surface area contributed by atoms with E-state index in [1.54, 1.807) is 10.7 Å². The second-order valence-corrected chi connectivity index (χ2v) is 8.12. The number of nitrogens with zero attached hydrogens (tertiary/aromatic N) is 2. The van der Waals surface area contributed by atoms with Gasteiger partial charge in [0.25, 0.3) is 0 Å². The summed E-state index contributed by atoms with van der Waals surface area (Å²) in [6, 6.07) is 20.7. The smallest absolute Gasteiger partial charge is 0.321 e. The molecule has 4 N–H and O–H groups in total. The summed E-state index contributed by atoms with van der Waals surface area (Å²) in [6.45, 7) is 5.67. The average Bonchev–Trinajstić information content (AvgIpc) is 3.16. The van der Waals surface area contributed by atoms with Gasteiger partial charge in [-0.1, -0.05) is 67.6 Å². The zero-order valence-corrected chi connectivity index (χ0v) is 18.4. The van der Waals surface area contributed by atoms with Crippen molar-refractivity contribution >= 4 is 17.8 Å². The van der Waals surface area contributed by atoms with Gasteiger partial charge in [0.15, 0.2) is 6.29 Å². The molecule has 1 aliphatic rings. The SMILES string of the molecule is Cc1cc(NC(=O)NC(c2ccccc2)c2ccccc2)n(C2NC(=O)C(C)C(C)N2)n1. The van der Waals surface area contributed by atoms with Crippen LogP contribution in [0.2, 0.25) is 0 Å². The van der Waals surface area contributed by atoms with E-state index in [-0.39, 0.29) is 29.9 Å². The van der Waals surface area contributed by atoms with Crippen molar-refractivity contribution < 1.29 is 9.59 Å². The van der Waals surface area contributed by atoms with Gasteiger partial charge in [-0.05, 0) is 25.0 Å². The lowest BCUT2D eigenvalue weighted by Crippen LogP contribution is -2.57. The van der Waals surface area contributed by atoms with Crippen molar-refractivity contribution in [1.29, 1.82) is 0 Å². The maximum Gasteiger partial charge on any atom is 0.321 e.